The van der Waals surface area contributed by atoms with Gasteiger partial charge in [0, 0.05) is 24.7 Å². The summed E-state index contributed by atoms with van der Waals surface area (Å²) in [5.74, 6) is -0.118. The number of nitrogens with one attached hydrogen (secondary N) is 1. The summed E-state index contributed by atoms with van der Waals surface area (Å²) in [6, 6.07) is 9.40. The number of aromatic nitrogens is 3. The molecule has 1 fully saturated rings. The largest absolute Gasteiger partial charge is 0.351 e. The van der Waals surface area contributed by atoms with Crippen LogP contribution < -0.4 is 11.0 Å². The highest BCUT2D eigenvalue weighted by atomic mass is 32.2. The Hall–Kier alpha value is -2.76. The van der Waals surface area contributed by atoms with Gasteiger partial charge >= 0.3 is 5.69 Å². The van der Waals surface area contributed by atoms with E-state index in [2.05, 4.69) is 10.4 Å². The summed E-state index contributed by atoms with van der Waals surface area (Å²) in [5.41, 5.74) is 2.30. The standard InChI is InChI=1S/C22H27N5O4S2/c1-15-10-16(2)12-18(11-15)23-19(28)14-26-22(29)27(20-7-5-9-32-20)21(24-26)17-6-4-8-25(13-17)33(3,30)31/h5,7,9-12,17H,4,6,8,13-14H2,1-3H3,(H,23,28). The SMILES string of the molecule is Cc1cc(C)cc(NC(=O)Cn2nc(C3CCCN(S(C)(=O)=O)C3)n(-c3cccs3)c2=O)c1. The Bertz CT molecular complexity index is 1300. The van der Waals surface area contributed by atoms with E-state index < -0.39 is 15.7 Å². The number of nitrogens with zero attached hydrogens (tertiary/aromatic N) is 4. The molecule has 3 heterocycles. The molecule has 0 saturated carbocycles. The average Bonchev–Trinajstić information content (AvgIpc) is 3.35. The second-order valence-corrected chi connectivity index (χ2v) is 11.4. The number of carbonyl (C=O) groups excluding carboxylic acids is 1. The predicted molar refractivity (Wildman–Crippen MR) is 129 cm³/mol. The van der Waals surface area contributed by atoms with Crippen LogP contribution in [0.4, 0.5) is 5.69 Å². The average molecular weight is 490 g/mol. The molecule has 0 spiro atoms. The quantitative estimate of drug-likeness (QED) is 0.573. The van der Waals surface area contributed by atoms with Crippen molar-refractivity contribution in [2.45, 2.75) is 39.2 Å². The summed E-state index contributed by atoms with van der Waals surface area (Å²) in [7, 11) is -3.35. The van der Waals surface area contributed by atoms with Crippen molar-refractivity contribution in [1.29, 1.82) is 0 Å². The summed E-state index contributed by atoms with van der Waals surface area (Å²) in [6.07, 6.45) is 2.58. The first kappa shape index (κ1) is 23.4. The maximum absolute atomic E-state index is 13.3. The number of carbonyl (C=O) groups is 1. The van der Waals surface area contributed by atoms with E-state index in [0.29, 0.717) is 35.9 Å². The first-order valence-electron chi connectivity index (χ1n) is 10.7. The molecule has 176 valence electrons. The number of hydrogen-bond acceptors (Lipinski definition) is 6. The van der Waals surface area contributed by atoms with Gasteiger partial charge in [0.25, 0.3) is 0 Å². The third kappa shape index (κ3) is 5.26. The van der Waals surface area contributed by atoms with Crippen LogP contribution in [-0.2, 0) is 21.4 Å². The number of benzene rings is 1. The number of piperidine rings is 1. The van der Waals surface area contributed by atoms with Crippen LogP contribution in [0.25, 0.3) is 5.00 Å². The monoisotopic (exact) mass is 489 g/mol. The minimum Gasteiger partial charge on any atom is -0.324 e. The normalized spacial score (nSPS) is 17.2. The fourth-order valence-electron chi connectivity index (χ4n) is 4.23. The van der Waals surface area contributed by atoms with Crippen molar-refractivity contribution >= 4 is 33.0 Å². The number of amides is 1. The minimum atomic E-state index is -3.35. The van der Waals surface area contributed by atoms with Crippen molar-refractivity contribution in [3.8, 4) is 5.00 Å². The Morgan fingerprint density at radius 1 is 1.24 bits per heavy atom. The second-order valence-electron chi connectivity index (χ2n) is 8.47. The maximum atomic E-state index is 13.3. The fraction of sp³-hybridized carbons (Fsp3) is 0.409. The van der Waals surface area contributed by atoms with Crippen LogP contribution in [-0.4, -0.2) is 52.3 Å². The van der Waals surface area contributed by atoms with Gasteiger partial charge in [0.2, 0.25) is 15.9 Å². The highest BCUT2D eigenvalue weighted by Gasteiger charge is 2.32. The predicted octanol–water partition coefficient (Wildman–Crippen LogP) is 2.49. The fourth-order valence-corrected chi connectivity index (χ4v) is 5.88. The molecule has 1 aliphatic rings. The van der Waals surface area contributed by atoms with Gasteiger partial charge in [0.1, 0.15) is 17.4 Å². The van der Waals surface area contributed by atoms with Crippen molar-refractivity contribution in [2.75, 3.05) is 24.7 Å². The molecule has 4 rings (SSSR count). The highest BCUT2D eigenvalue weighted by molar-refractivity contribution is 7.88. The molecular weight excluding hydrogens is 462 g/mol. The molecule has 9 nitrogen and oxygen atoms in total. The smallest absolute Gasteiger partial charge is 0.324 e. The summed E-state index contributed by atoms with van der Waals surface area (Å²) in [4.78, 5) is 26.0. The van der Waals surface area contributed by atoms with Crippen LogP contribution in [0.15, 0.2) is 40.5 Å². The summed E-state index contributed by atoms with van der Waals surface area (Å²) < 4.78 is 28.3. The van der Waals surface area contributed by atoms with Gasteiger partial charge in [-0.15, -0.1) is 11.3 Å². The van der Waals surface area contributed by atoms with Crippen LogP contribution in [0, 0.1) is 13.8 Å². The number of aryl methyl sites for hydroxylation is 2. The van der Waals surface area contributed by atoms with E-state index in [0.717, 1.165) is 15.8 Å². The Kier molecular flexibility index (Phi) is 6.55. The molecule has 0 radical (unpaired) electrons. The number of anilines is 1. The Morgan fingerprint density at radius 2 is 1.97 bits per heavy atom. The number of hydrogen-bond donors (Lipinski definition) is 1. The zero-order valence-corrected chi connectivity index (χ0v) is 20.4. The maximum Gasteiger partial charge on any atom is 0.351 e. The second kappa shape index (κ2) is 9.24. The lowest BCUT2D eigenvalue weighted by Crippen LogP contribution is -2.39. The van der Waals surface area contributed by atoms with Crippen molar-refractivity contribution < 1.29 is 13.2 Å². The van der Waals surface area contributed by atoms with Gasteiger partial charge in [-0.25, -0.2) is 26.8 Å². The number of rotatable bonds is 6. The molecule has 1 amide bonds. The molecule has 1 N–H and O–H groups in total. The van der Waals surface area contributed by atoms with Gasteiger partial charge in [-0.3, -0.25) is 4.79 Å². The van der Waals surface area contributed by atoms with Gasteiger partial charge in [0.15, 0.2) is 0 Å². The third-order valence-electron chi connectivity index (χ3n) is 5.61. The van der Waals surface area contributed by atoms with Gasteiger partial charge in [-0.2, -0.15) is 5.10 Å². The van der Waals surface area contributed by atoms with Gasteiger partial charge in [0.05, 0.1) is 6.26 Å². The van der Waals surface area contributed by atoms with Gasteiger partial charge < -0.3 is 5.32 Å². The summed E-state index contributed by atoms with van der Waals surface area (Å²) >= 11 is 1.39. The van der Waals surface area contributed by atoms with Crippen LogP contribution in [0.3, 0.4) is 0 Å². The summed E-state index contributed by atoms with van der Waals surface area (Å²) in [6.45, 7) is 4.38. The molecule has 3 aromatic rings. The molecule has 33 heavy (non-hydrogen) atoms. The van der Waals surface area contributed by atoms with E-state index in [9.17, 15) is 18.0 Å². The Morgan fingerprint density at radius 3 is 2.61 bits per heavy atom. The van der Waals surface area contributed by atoms with E-state index >= 15 is 0 Å². The van der Waals surface area contributed by atoms with Crippen LogP contribution in [0.2, 0.25) is 0 Å². The molecule has 11 heteroatoms. The lowest BCUT2D eigenvalue weighted by Gasteiger charge is -2.30. The molecule has 1 atom stereocenters. The molecule has 1 aromatic carbocycles. The third-order valence-corrected chi connectivity index (χ3v) is 7.73. The van der Waals surface area contributed by atoms with E-state index in [1.165, 1.54) is 26.5 Å². The molecule has 1 aliphatic heterocycles. The minimum absolute atomic E-state index is 0.236. The van der Waals surface area contributed by atoms with Crippen LogP contribution in [0.5, 0.6) is 0 Å². The van der Waals surface area contributed by atoms with Gasteiger partial charge in [-0.05, 0) is 67.5 Å². The molecule has 0 aliphatic carbocycles. The first-order chi connectivity index (χ1) is 15.6. The lowest BCUT2D eigenvalue weighted by atomic mass is 9.99. The topological polar surface area (TPSA) is 106 Å². The number of sulfonamides is 1. The molecule has 1 saturated heterocycles. The summed E-state index contributed by atoms with van der Waals surface area (Å²) in [5, 5.41) is 9.90. The molecular formula is C22H27N5O4S2. The zero-order chi connectivity index (χ0) is 23.8. The van der Waals surface area contributed by atoms with E-state index in [-0.39, 0.29) is 24.9 Å². The van der Waals surface area contributed by atoms with E-state index in [1.54, 1.807) is 0 Å². The van der Waals surface area contributed by atoms with Crippen molar-refractivity contribution in [1.82, 2.24) is 18.7 Å². The van der Waals surface area contributed by atoms with E-state index in [4.69, 9.17) is 0 Å². The Balaban J connectivity index is 1.64. The zero-order valence-electron chi connectivity index (χ0n) is 18.8. The Labute approximate surface area is 196 Å². The lowest BCUT2D eigenvalue weighted by molar-refractivity contribution is -0.117. The number of thiophene rings is 1. The van der Waals surface area contributed by atoms with Crippen molar-refractivity contribution in [3.05, 3.63) is 63.1 Å². The van der Waals surface area contributed by atoms with Crippen molar-refractivity contribution in [3.63, 3.8) is 0 Å². The van der Waals surface area contributed by atoms with Crippen molar-refractivity contribution in [2.24, 2.45) is 0 Å². The molecule has 1 unspecified atom stereocenters. The van der Waals surface area contributed by atoms with E-state index in [1.807, 2.05) is 49.6 Å². The van der Waals surface area contributed by atoms with Crippen LogP contribution in [0.1, 0.15) is 35.7 Å². The highest BCUT2D eigenvalue weighted by Crippen LogP contribution is 2.28. The molecule has 0 bridgehead atoms. The molecule has 2 aromatic heterocycles. The first-order valence-corrected chi connectivity index (χ1v) is 13.4. The van der Waals surface area contributed by atoms with Crippen LogP contribution >= 0.6 is 11.3 Å². The van der Waals surface area contributed by atoms with Gasteiger partial charge in [-0.1, -0.05) is 6.07 Å².